The lowest BCUT2D eigenvalue weighted by atomic mass is 10.1. The van der Waals surface area contributed by atoms with Crippen molar-refractivity contribution in [3.05, 3.63) is 51.7 Å². The first-order valence-electron chi connectivity index (χ1n) is 5.27. The number of aromatic carboxylic acids is 1. The third-order valence-corrected chi connectivity index (χ3v) is 3.32. The van der Waals surface area contributed by atoms with Crippen molar-refractivity contribution in [3.8, 4) is 0 Å². The average Bonchev–Trinajstić information content (AvgIpc) is 2.80. The molecule has 2 rings (SSSR count). The molecule has 2 N–H and O–H groups in total. The lowest BCUT2D eigenvalue weighted by Crippen LogP contribution is -2.06. The second-order valence-corrected chi connectivity index (χ2v) is 4.82. The maximum Gasteiger partial charge on any atom is 0.337 e. The van der Waals surface area contributed by atoms with Crippen molar-refractivity contribution in [1.29, 1.82) is 0 Å². The van der Waals surface area contributed by atoms with Crippen LogP contribution in [0.2, 0.25) is 0 Å². The van der Waals surface area contributed by atoms with E-state index in [0.717, 1.165) is 5.56 Å². The predicted octanol–water partition coefficient (Wildman–Crippen LogP) is 3.37. The van der Waals surface area contributed by atoms with Crippen molar-refractivity contribution in [3.63, 3.8) is 0 Å². The maximum absolute atomic E-state index is 11.1. The molecule has 0 unspecified atom stereocenters. The smallest absolute Gasteiger partial charge is 0.337 e. The quantitative estimate of drug-likeness (QED) is 0.871. The van der Waals surface area contributed by atoms with Crippen molar-refractivity contribution in [2.75, 3.05) is 5.32 Å². The van der Waals surface area contributed by atoms with Crippen LogP contribution in [0.25, 0.3) is 0 Å². The van der Waals surface area contributed by atoms with E-state index in [-0.39, 0.29) is 0 Å². The summed E-state index contributed by atoms with van der Waals surface area (Å²) < 4.78 is 0. The van der Waals surface area contributed by atoms with Gasteiger partial charge in [-0.05, 0) is 30.5 Å². The molecule has 0 aliphatic heterocycles. The average molecular weight is 247 g/mol. The Morgan fingerprint density at radius 3 is 2.88 bits per heavy atom. The number of carbonyl (C=O) groups is 1. The summed E-state index contributed by atoms with van der Waals surface area (Å²) in [7, 11) is 0. The molecule has 0 bridgehead atoms. The molecule has 1 aromatic heterocycles. The summed E-state index contributed by atoms with van der Waals surface area (Å²) in [5, 5.41) is 14.3. The Morgan fingerprint density at radius 2 is 2.24 bits per heavy atom. The van der Waals surface area contributed by atoms with Crippen LogP contribution in [0.15, 0.2) is 35.7 Å². The third-order valence-electron chi connectivity index (χ3n) is 2.44. The van der Waals surface area contributed by atoms with Gasteiger partial charge in [0.25, 0.3) is 0 Å². The molecular formula is C13H13NO2S. The molecule has 0 aliphatic rings. The van der Waals surface area contributed by atoms with Crippen LogP contribution in [0.5, 0.6) is 0 Å². The zero-order valence-corrected chi connectivity index (χ0v) is 10.3. The minimum Gasteiger partial charge on any atom is -0.478 e. The fraction of sp³-hybridized carbons (Fsp3) is 0.154. The Balaban J connectivity index is 2.17. The first-order chi connectivity index (χ1) is 8.16. The molecule has 4 heteroatoms. The normalized spacial score (nSPS) is 10.2. The maximum atomic E-state index is 11.1. The van der Waals surface area contributed by atoms with E-state index >= 15 is 0 Å². The Kier molecular flexibility index (Phi) is 3.44. The van der Waals surface area contributed by atoms with Crippen molar-refractivity contribution in [2.45, 2.75) is 13.5 Å². The number of thiophene rings is 1. The van der Waals surface area contributed by atoms with E-state index in [2.05, 4.69) is 5.32 Å². The van der Waals surface area contributed by atoms with Crippen LogP contribution in [0.4, 0.5) is 5.69 Å². The summed E-state index contributed by atoms with van der Waals surface area (Å²) in [6.07, 6.45) is 0. The van der Waals surface area contributed by atoms with Crippen molar-refractivity contribution in [2.24, 2.45) is 0 Å². The number of carboxylic acids is 1. The van der Waals surface area contributed by atoms with Gasteiger partial charge >= 0.3 is 5.97 Å². The molecule has 88 valence electrons. The predicted molar refractivity (Wildman–Crippen MR) is 69.8 cm³/mol. The number of nitrogens with one attached hydrogen (secondary N) is 1. The van der Waals surface area contributed by atoms with E-state index in [0.29, 0.717) is 17.8 Å². The first-order valence-corrected chi connectivity index (χ1v) is 6.15. The molecule has 0 aliphatic carbocycles. The number of hydrogen-bond acceptors (Lipinski definition) is 3. The molecule has 0 spiro atoms. The summed E-state index contributed by atoms with van der Waals surface area (Å²) >= 11 is 1.65. The lowest BCUT2D eigenvalue weighted by Gasteiger charge is -2.09. The van der Waals surface area contributed by atoms with Gasteiger partial charge in [-0.1, -0.05) is 17.7 Å². The molecule has 0 fully saturated rings. The van der Waals surface area contributed by atoms with E-state index in [4.69, 9.17) is 5.11 Å². The van der Waals surface area contributed by atoms with E-state index in [1.54, 1.807) is 17.4 Å². The van der Waals surface area contributed by atoms with Crippen molar-refractivity contribution < 1.29 is 9.90 Å². The summed E-state index contributed by atoms with van der Waals surface area (Å²) in [5.41, 5.74) is 1.93. The highest BCUT2D eigenvalue weighted by atomic mass is 32.1. The number of hydrogen-bond donors (Lipinski definition) is 2. The Morgan fingerprint density at radius 1 is 1.41 bits per heavy atom. The van der Waals surface area contributed by atoms with E-state index in [1.807, 2.05) is 36.6 Å². The van der Waals surface area contributed by atoms with Crippen LogP contribution in [0.3, 0.4) is 0 Å². The Labute approximate surface area is 104 Å². The highest BCUT2D eigenvalue weighted by molar-refractivity contribution is 7.09. The number of carboxylic acid groups (broad SMARTS) is 1. The van der Waals surface area contributed by atoms with Crippen LogP contribution in [-0.2, 0) is 6.54 Å². The van der Waals surface area contributed by atoms with E-state index < -0.39 is 5.97 Å². The highest BCUT2D eigenvalue weighted by Gasteiger charge is 2.09. The van der Waals surface area contributed by atoms with Crippen molar-refractivity contribution in [1.82, 2.24) is 0 Å². The zero-order chi connectivity index (χ0) is 12.3. The van der Waals surface area contributed by atoms with Crippen LogP contribution >= 0.6 is 11.3 Å². The fourth-order valence-corrected chi connectivity index (χ4v) is 2.23. The van der Waals surface area contributed by atoms with Gasteiger partial charge in [0.2, 0.25) is 0 Å². The van der Waals surface area contributed by atoms with Gasteiger partial charge in [0, 0.05) is 17.1 Å². The second kappa shape index (κ2) is 5.01. The molecule has 0 saturated heterocycles. The van der Waals surface area contributed by atoms with Crippen LogP contribution in [0, 0.1) is 6.92 Å². The monoisotopic (exact) mass is 247 g/mol. The topological polar surface area (TPSA) is 49.3 Å². The van der Waals surface area contributed by atoms with Gasteiger partial charge < -0.3 is 10.4 Å². The van der Waals surface area contributed by atoms with Crippen LogP contribution in [0.1, 0.15) is 20.8 Å². The zero-order valence-electron chi connectivity index (χ0n) is 9.43. The second-order valence-electron chi connectivity index (χ2n) is 3.79. The minimum absolute atomic E-state index is 0.321. The largest absolute Gasteiger partial charge is 0.478 e. The highest BCUT2D eigenvalue weighted by Crippen LogP contribution is 2.19. The molecule has 3 nitrogen and oxygen atoms in total. The first kappa shape index (κ1) is 11.7. The van der Waals surface area contributed by atoms with Gasteiger partial charge in [-0.3, -0.25) is 0 Å². The number of aryl methyl sites for hydroxylation is 1. The van der Waals surface area contributed by atoms with Gasteiger partial charge in [-0.2, -0.15) is 0 Å². The lowest BCUT2D eigenvalue weighted by molar-refractivity contribution is 0.0698. The molecule has 0 radical (unpaired) electrons. The molecule has 0 saturated carbocycles. The molecule has 2 aromatic rings. The third kappa shape index (κ3) is 2.85. The van der Waals surface area contributed by atoms with E-state index in [1.165, 1.54) is 4.88 Å². The SMILES string of the molecule is Cc1ccc(NCc2cccs2)c(C(=O)O)c1. The van der Waals surface area contributed by atoms with Gasteiger partial charge in [-0.15, -0.1) is 11.3 Å². The summed E-state index contributed by atoms with van der Waals surface area (Å²) in [5.74, 6) is -0.901. The number of benzene rings is 1. The fourth-order valence-electron chi connectivity index (χ4n) is 1.58. The van der Waals surface area contributed by atoms with Crippen LogP contribution in [-0.4, -0.2) is 11.1 Å². The molecule has 0 atom stereocenters. The number of anilines is 1. The van der Waals surface area contributed by atoms with Gasteiger partial charge in [0.05, 0.1) is 5.56 Å². The van der Waals surface area contributed by atoms with Gasteiger partial charge in [0.1, 0.15) is 0 Å². The summed E-state index contributed by atoms with van der Waals surface area (Å²) in [4.78, 5) is 12.3. The summed E-state index contributed by atoms with van der Waals surface area (Å²) in [6.45, 7) is 2.54. The molecule has 0 amide bonds. The van der Waals surface area contributed by atoms with Crippen LogP contribution < -0.4 is 5.32 Å². The minimum atomic E-state index is -0.901. The Hall–Kier alpha value is -1.81. The Bertz CT molecular complexity index is 520. The molecule has 1 aromatic carbocycles. The van der Waals surface area contributed by atoms with E-state index in [9.17, 15) is 4.79 Å². The molecule has 17 heavy (non-hydrogen) atoms. The molecular weight excluding hydrogens is 234 g/mol. The van der Waals surface area contributed by atoms with Gasteiger partial charge in [-0.25, -0.2) is 4.79 Å². The standard InChI is InChI=1S/C13H13NO2S/c1-9-4-5-12(11(7-9)13(15)16)14-8-10-3-2-6-17-10/h2-7,14H,8H2,1H3,(H,15,16). The van der Waals surface area contributed by atoms with Gasteiger partial charge in [0.15, 0.2) is 0 Å². The number of rotatable bonds is 4. The summed E-state index contributed by atoms with van der Waals surface area (Å²) in [6, 6.07) is 9.40. The van der Waals surface area contributed by atoms with Crippen molar-refractivity contribution >= 4 is 23.0 Å². The molecule has 1 heterocycles.